The Hall–Kier alpha value is -0.580. The van der Waals surface area contributed by atoms with Gasteiger partial charge in [-0.15, -0.1) is 11.6 Å². The first-order valence-corrected chi connectivity index (χ1v) is 9.16. The highest BCUT2D eigenvalue weighted by Crippen LogP contribution is 2.23. The largest absolute Gasteiger partial charge is 0.243 e. The topological polar surface area (TPSA) is 37.4 Å². The molecular formula is C15H22ClNO2S. The van der Waals surface area contributed by atoms with E-state index in [4.69, 9.17) is 11.6 Å². The fourth-order valence-electron chi connectivity index (χ4n) is 2.47. The van der Waals surface area contributed by atoms with Crippen LogP contribution >= 0.6 is 11.6 Å². The van der Waals surface area contributed by atoms with Gasteiger partial charge in [-0.2, -0.15) is 4.31 Å². The molecule has 1 aromatic rings. The molecular weight excluding hydrogens is 294 g/mol. The Morgan fingerprint density at radius 2 is 1.80 bits per heavy atom. The number of benzene rings is 1. The average molecular weight is 316 g/mol. The molecule has 0 spiro atoms. The molecule has 1 heterocycles. The van der Waals surface area contributed by atoms with Gasteiger partial charge in [0.1, 0.15) is 0 Å². The molecule has 0 radical (unpaired) electrons. The van der Waals surface area contributed by atoms with E-state index in [9.17, 15) is 8.42 Å². The van der Waals surface area contributed by atoms with Crippen LogP contribution in [0.15, 0.2) is 29.2 Å². The lowest BCUT2D eigenvalue weighted by Gasteiger charge is -2.29. The van der Waals surface area contributed by atoms with Gasteiger partial charge in [-0.3, -0.25) is 0 Å². The zero-order valence-electron chi connectivity index (χ0n) is 11.9. The van der Waals surface area contributed by atoms with Crippen LogP contribution in [0.2, 0.25) is 0 Å². The van der Waals surface area contributed by atoms with Gasteiger partial charge in [0.2, 0.25) is 10.0 Å². The van der Waals surface area contributed by atoms with Crippen LogP contribution in [0.1, 0.15) is 31.7 Å². The van der Waals surface area contributed by atoms with Crippen LogP contribution in [-0.2, 0) is 16.4 Å². The van der Waals surface area contributed by atoms with Gasteiger partial charge in [-0.1, -0.05) is 19.1 Å². The van der Waals surface area contributed by atoms with E-state index in [-0.39, 0.29) is 0 Å². The second kappa shape index (κ2) is 6.92. The average Bonchev–Trinajstić information content (AvgIpc) is 2.46. The highest BCUT2D eigenvalue weighted by molar-refractivity contribution is 7.89. The molecule has 0 aliphatic carbocycles. The van der Waals surface area contributed by atoms with Crippen molar-refractivity contribution in [3.63, 3.8) is 0 Å². The van der Waals surface area contributed by atoms with E-state index in [1.807, 2.05) is 12.1 Å². The Morgan fingerprint density at radius 1 is 1.20 bits per heavy atom. The van der Waals surface area contributed by atoms with Gasteiger partial charge in [-0.25, -0.2) is 8.42 Å². The third-order valence-corrected chi connectivity index (χ3v) is 6.08. The quantitative estimate of drug-likeness (QED) is 0.782. The molecule has 0 unspecified atom stereocenters. The van der Waals surface area contributed by atoms with Crippen LogP contribution in [0.4, 0.5) is 0 Å². The monoisotopic (exact) mass is 315 g/mol. The molecule has 0 atom stereocenters. The number of halogens is 1. The summed E-state index contributed by atoms with van der Waals surface area (Å²) in [6, 6.07) is 7.23. The summed E-state index contributed by atoms with van der Waals surface area (Å²) >= 11 is 5.67. The van der Waals surface area contributed by atoms with Crippen molar-refractivity contribution in [2.24, 2.45) is 5.92 Å². The minimum atomic E-state index is -3.32. The molecule has 1 fully saturated rings. The number of aryl methyl sites for hydroxylation is 1. The van der Waals surface area contributed by atoms with Crippen molar-refractivity contribution in [3.8, 4) is 0 Å². The number of nitrogens with zero attached hydrogens (tertiary/aromatic N) is 1. The van der Waals surface area contributed by atoms with Crippen molar-refractivity contribution in [1.29, 1.82) is 0 Å². The maximum absolute atomic E-state index is 12.5. The van der Waals surface area contributed by atoms with E-state index >= 15 is 0 Å². The summed E-state index contributed by atoms with van der Waals surface area (Å²) in [5, 5.41) is 0. The number of rotatable bonds is 5. The molecule has 3 nitrogen and oxygen atoms in total. The Bertz CT molecular complexity index is 519. The minimum absolute atomic E-state index is 0.404. The number of hydrogen-bond acceptors (Lipinski definition) is 2. The normalized spacial score (nSPS) is 18.3. The summed E-state index contributed by atoms with van der Waals surface area (Å²) in [7, 11) is -3.32. The second-order valence-electron chi connectivity index (χ2n) is 5.52. The van der Waals surface area contributed by atoms with Gasteiger partial charge in [0.15, 0.2) is 0 Å². The third kappa shape index (κ3) is 3.74. The Balaban J connectivity index is 2.09. The molecule has 0 amide bonds. The summed E-state index contributed by atoms with van der Waals surface area (Å²) in [6.07, 6.45) is 3.71. The van der Waals surface area contributed by atoms with Gasteiger partial charge < -0.3 is 0 Å². The van der Waals surface area contributed by atoms with E-state index in [0.717, 1.165) is 31.2 Å². The van der Waals surface area contributed by atoms with E-state index in [1.54, 1.807) is 16.4 Å². The summed E-state index contributed by atoms with van der Waals surface area (Å²) in [5.41, 5.74) is 1.14. The Labute approximate surface area is 127 Å². The predicted octanol–water partition coefficient (Wildman–Crippen LogP) is 3.28. The molecule has 1 aromatic carbocycles. The summed E-state index contributed by atoms with van der Waals surface area (Å²) in [5.74, 6) is 1.26. The number of hydrogen-bond donors (Lipinski definition) is 0. The lowest BCUT2D eigenvalue weighted by molar-refractivity contribution is 0.288. The van der Waals surface area contributed by atoms with Crippen LogP contribution in [0.3, 0.4) is 0 Å². The highest BCUT2D eigenvalue weighted by Gasteiger charge is 2.27. The summed E-state index contributed by atoms with van der Waals surface area (Å²) in [6.45, 7) is 3.45. The zero-order chi connectivity index (χ0) is 14.6. The van der Waals surface area contributed by atoms with E-state index in [0.29, 0.717) is 29.8 Å². The molecule has 0 N–H and O–H groups in total. The van der Waals surface area contributed by atoms with Crippen molar-refractivity contribution in [2.75, 3.05) is 19.0 Å². The van der Waals surface area contributed by atoms with Gasteiger partial charge in [0.25, 0.3) is 0 Å². The van der Waals surface area contributed by atoms with Crippen molar-refractivity contribution < 1.29 is 8.42 Å². The van der Waals surface area contributed by atoms with Crippen LogP contribution in [0, 0.1) is 5.92 Å². The van der Waals surface area contributed by atoms with Crippen LogP contribution in [-0.4, -0.2) is 31.7 Å². The maximum Gasteiger partial charge on any atom is 0.243 e. The SMILES string of the molecule is CC1CCN(S(=O)(=O)c2ccc(CCCCl)cc2)CC1. The predicted molar refractivity (Wildman–Crippen MR) is 82.6 cm³/mol. The first-order valence-electron chi connectivity index (χ1n) is 7.19. The maximum atomic E-state index is 12.5. The number of piperidine rings is 1. The summed E-state index contributed by atoms with van der Waals surface area (Å²) in [4.78, 5) is 0.404. The molecule has 0 aromatic heterocycles. The molecule has 112 valence electrons. The smallest absolute Gasteiger partial charge is 0.207 e. The van der Waals surface area contributed by atoms with Crippen LogP contribution < -0.4 is 0 Å². The van der Waals surface area contributed by atoms with Crippen LogP contribution in [0.25, 0.3) is 0 Å². The molecule has 1 aliphatic heterocycles. The Kier molecular flexibility index (Phi) is 5.47. The lowest BCUT2D eigenvalue weighted by atomic mass is 10.0. The molecule has 1 aliphatic rings. The Morgan fingerprint density at radius 3 is 2.35 bits per heavy atom. The van der Waals surface area contributed by atoms with Crippen LogP contribution in [0.5, 0.6) is 0 Å². The fourth-order valence-corrected chi connectivity index (χ4v) is 4.08. The molecule has 5 heteroatoms. The van der Waals surface area contributed by atoms with E-state index < -0.39 is 10.0 Å². The third-order valence-electron chi connectivity index (χ3n) is 3.90. The standard InChI is InChI=1S/C15H22ClNO2S/c1-13-8-11-17(12-9-13)20(18,19)15-6-4-14(5-7-15)3-2-10-16/h4-7,13H,2-3,8-12H2,1H3. The molecule has 0 saturated carbocycles. The van der Waals surface area contributed by atoms with E-state index in [2.05, 4.69) is 6.92 Å². The first kappa shape index (κ1) is 15.8. The molecule has 2 rings (SSSR count). The lowest BCUT2D eigenvalue weighted by Crippen LogP contribution is -2.37. The van der Waals surface area contributed by atoms with Gasteiger partial charge in [0, 0.05) is 19.0 Å². The van der Waals surface area contributed by atoms with Gasteiger partial charge in [-0.05, 0) is 49.3 Å². The van der Waals surface area contributed by atoms with Gasteiger partial charge >= 0.3 is 0 Å². The van der Waals surface area contributed by atoms with Crippen molar-refractivity contribution in [2.45, 2.75) is 37.5 Å². The fraction of sp³-hybridized carbons (Fsp3) is 0.600. The number of alkyl halides is 1. The zero-order valence-corrected chi connectivity index (χ0v) is 13.5. The van der Waals surface area contributed by atoms with Gasteiger partial charge in [0.05, 0.1) is 4.90 Å². The second-order valence-corrected chi connectivity index (χ2v) is 7.84. The van der Waals surface area contributed by atoms with Crippen molar-refractivity contribution >= 4 is 21.6 Å². The first-order chi connectivity index (χ1) is 9.54. The van der Waals surface area contributed by atoms with Crippen molar-refractivity contribution in [3.05, 3.63) is 29.8 Å². The minimum Gasteiger partial charge on any atom is -0.207 e. The molecule has 20 heavy (non-hydrogen) atoms. The molecule has 0 bridgehead atoms. The molecule has 1 saturated heterocycles. The summed E-state index contributed by atoms with van der Waals surface area (Å²) < 4.78 is 26.7. The highest BCUT2D eigenvalue weighted by atomic mass is 35.5. The van der Waals surface area contributed by atoms with E-state index in [1.165, 1.54) is 0 Å². The van der Waals surface area contributed by atoms with Crippen molar-refractivity contribution in [1.82, 2.24) is 4.31 Å². The number of sulfonamides is 1.